The Hall–Kier alpha value is -1.83. The third-order valence-electron chi connectivity index (χ3n) is 3.76. The standard InChI is InChI=1S/C15H14F13NO/c1-4-5-8(6-29-9(30)7(2)3)10(16,17)11(18,19)12(20,21)13(22,23)14(24,25)15(26,27)28/h6,8H,2,4-5H2,1,3H3. The summed E-state index contributed by atoms with van der Waals surface area (Å²) in [5, 5.41) is 0. The first-order valence-corrected chi connectivity index (χ1v) is 7.73. The summed E-state index contributed by atoms with van der Waals surface area (Å²) in [4.78, 5) is 13.9. The van der Waals surface area contributed by atoms with E-state index in [2.05, 4.69) is 11.6 Å². The zero-order valence-corrected chi connectivity index (χ0v) is 15.0. The number of alkyl halides is 13. The van der Waals surface area contributed by atoms with E-state index in [9.17, 15) is 61.9 Å². The van der Waals surface area contributed by atoms with E-state index in [1.54, 1.807) is 0 Å². The Bertz CT molecular complexity index is 679. The molecule has 1 amide bonds. The van der Waals surface area contributed by atoms with Gasteiger partial charge in [-0.2, -0.15) is 57.1 Å². The second-order valence-electron chi connectivity index (χ2n) is 6.18. The number of carbonyl (C=O) groups is 1. The van der Waals surface area contributed by atoms with Crippen molar-refractivity contribution in [2.24, 2.45) is 10.9 Å². The average Bonchev–Trinajstić information content (AvgIpc) is 2.56. The van der Waals surface area contributed by atoms with Crippen molar-refractivity contribution >= 4 is 12.1 Å². The molecule has 0 aromatic carbocycles. The van der Waals surface area contributed by atoms with Gasteiger partial charge in [0.15, 0.2) is 0 Å². The van der Waals surface area contributed by atoms with Gasteiger partial charge in [0.25, 0.3) is 5.91 Å². The molecule has 0 saturated carbocycles. The largest absolute Gasteiger partial charge is 0.460 e. The minimum absolute atomic E-state index is 0.301. The number of halogens is 13. The Morgan fingerprint density at radius 1 is 0.833 bits per heavy atom. The molecule has 0 aliphatic rings. The molecule has 0 fully saturated rings. The number of aliphatic imine (C=N–C) groups is 1. The van der Waals surface area contributed by atoms with Gasteiger partial charge < -0.3 is 0 Å². The molecule has 0 saturated heterocycles. The monoisotopic (exact) mass is 471 g/mol. The second kappa shape index (κ2) is 8.36. The van der Waals surface area contributed by atoms with E-state index >= 15 is 0 Å². The van der Waals surface area contributed by atoms with Gasteiger partial charge in [0.2, 0.25) is 0 Å². The molecule has 15 heteroatoms. The van der Waals surface area contributed by atoms with Crippen molar-refractivity contribution in [3.63, 3.8) is 0 Å². The van der Waals surface area contributed by atoms with Crippen LogP contribution in [0.25, 0.3) is 0 Å². The lowest BCUT2D eigenvalue weighted by Crippen LogP contribution is -2.71. The second-order valence-corrected chi connectivity index (χ2v) is 6.18. The zero-order chi connectivity index (χ0) is 24.6. The summed E-state index contributed by atoms with van der Waals surface area (Å²) in [6.45, 7) is 5.01. The lowest BCUT2D eigenvalue weighted by Gasteiger charge is -2.41. The first kappa shape index (κ1) is 28.2. The number of hydrogen-bond acceptors (Lipinski definition) is 1. The molecule has 1 unspecified atom stereocenters. The quantitative estimate of drug-likeness (QED) is 0.220. The molecular weight excluding hydrogens is 457 g/mol. The van der Waals surface area contributed by atoms with Crippen LogP contribution in [0.5, 0.6) is 0 Å². The topological polar surface area (TPSA) is 29.4 Å². The minimum Gasteiger partial charge on any atom is -0.267 e. The lowest BCUT2D eigenvalue weighted by molar-refractivity contribution is -0.441. The van der Waals surface area contributed by atoms with Crippen LogP contribution in [-0.4, -0.2) is 47.9 Å². The van der Waals surface area contributed by atoms with Gasteiger partial charge in [0, 0.05) is 11.8 Å². The minimum atomic E-state index is -7.97. The summed E-state index contributed by atoms with van der Waals surface area (Å²) in [5.41, 5.74) is -0.432. The molecular formula is C15H14F13NO. The number of hydrogen-bond donors (Lipinski definition) is 0. The predicted molar refractivity (Wildman–Crippen MR) is 77.5 cm³/mol. The Labute approximate surface area is 160 Å². The van der Waals surface area contributed by atoms with Crippen LogP contribution in [0.3, 0.4) is 0 Å². The lowest BCUT2D eigenvalue weighted by atomic mass is 9.86. The highest BCUT2D eigenvalue weighted by Crippen LogP contribution is 2.61. The van der Waals surface area contributed by atoms with Crippen LogP contribution in [0.1, 0.15) is 26.7 Å². The summed E-state index contributed by atoms with van der Waals surface area (Å²) < 4.78 is 171. The van der Waals surface area contributed by atoms with Crippen molar-refractivity contribution in [2.45, 2.75) is 62.5 Å². The molecule has 0 aromatic heterocycles. The third-order valence-corrected chi connectivity index (χ3v) is 3.76. The van der Waals surface area contributed by atoms with Crippen LogP contribution in [-0.2, 0) is 4.79 Å². The van der Waals surface area contributed by atoms with Crippen LogP contribution in [0.2, 0.25) is 0 Å². The van der Waals surface area contributed by atoms with Crippen molar-refractivity contribution in [3.8, 4) is 0 Å². The normalized spacial score (nSPS) is 16.1. The predicted octanol–water partition coefficient (Wildman–Crippen LogP) is 6.32. The van der Waals surface area contributed by atoms with Crippen molar-refractivity contribution in [2.75, 3.05) is 0 Å². The van der Waals surface area contributed by atoms with Gasteiger partial charge in [0.1, 0.15) is 0 Å². The first-order valence-electron chi connectivity index (χ1n) is 7.73. The maximum absolute atomic E-state index is 14.1. The molecule has 30 heavy (non-hydrogen) atoms. The molecule has 0 heterocycles. The van der Waals surface area contributed by atoms with Gasteiger partial charge in [-0.3, -0.25) is 4.79 Å². The fraction of sp³-hybridized carbons (Fsp3) is 0.733. The van der Waals surface area contributed by atoms with E-state index < -0.39 is 66.0 Å². The van der Waals surface area contributed by atoms with Crippen molar-refractivity contribution in [3.05, 3.63) is 12.2 Å². The summed E-state index contributed by atoms with van der Waals surface area (Å²) in [7, 11) is 0. The highest BCUT2D eigenvalue weighted by Gasteiger charge is 2.91. The number of carbonyl (C=O) groups excluding carboxylic acids is 1. The molecule has 0 N–H and O–H groups in total. The molecule has 0 spiro atoms. The van der Waals surface area contributed by atoms with Gasteiger partial charge in [0.05, 0.1) is 5.92 Å². The van der Waals surface area contributed by atoms with E-state index in [0.29, 0.717) is 0 Å². The van der Waals surface area contributed by atoms with Gasteiger partial charge >= 0.3 is 35.8 Å². The van der Waals surface area contributed by atoms with Crippen LogP contribution in [0.15, 0.2) is 17.1 Å². The summed E-state index contributed by atoms with van der Waals surface area (Å²) in [5.74, 6) is -42.0. The van der Waals surface area contributed by atoms with E-state index in [1.165, 1.54) is 0 Å². The number of amides is 1. The Balaban J connectivity index is 6.49. The molecule has 2 nitrogen and oxygen atoms in total. The third kappa shape index (κ3) is 4.43. The Morgan fingerprint density at radius 2 is 1.23 bits per heavy atom. The summed E-state index contributed by atoms with van der Waals surface area (Å²) >= 11 is 0. The first-order chi connectivity index (χ1) is 13.0. The molecule has 0 bridgehead atoms. The van der Waals surface area contributed by atoms with Crippen LogP contribution in [0, 0.1) is 5.92 Å². The molecule has 0 aliphatic heterocycles. The van der Waals surface area contributed by atoms with Crippen LogP contribution < -0.4 is 0 Å². The number of nitrogens with zero attached hydrogens (tertiary/aromatic N) is 1. The van der Waals surface area contributed by atoms with Gasteiger partial charge in [-0.15, -0.1) is 0 Å². The average molecular weight is 471 g/mol. The fourth-order valence-electron chi connectivity index (χ4n) is 1.94. The zero-order valence-electron chi connectivity index (χ0n) is 15.0. The van der Waals surface area contributed by atoms with E-state index in [4.69, 9.17) is 0 Å². The smallest absolute Gasteiger partial charge is 0.267 e. The maximum atomic E-state index is 14.1. The van der Waals surface area contributed by atoms with Crippen molar-refractivity contribution < 1.29 is 61.9 Å². The van der Waals surface area contributed by atoms with Crippen molar-refractivity contribution in [1.29, 1.82) is 0 Å². The number of rotatable bonds is 9. The van der Waals surface area contributed by atoms with Crippen LogP contribution >= 0.6 is 0 Å². The SMILES string of the molecule is C=C(C)C(=O)N=CC(CCC)C(F)(F)C(F)(F)C(F)(F)C(F)(F)C(F)(F)C(F)(F)F. The van der Waals surface area contributed by atoms with E-state index in [-0.39, 0.29) is 6.21 Å². The van der Waals surface area contributed by atoms with Gasteiger partial charge in [-0.05, 0) is 13.3 Å². The van der Waals surface area contributed by atoms with Gasteiger partial charge in [-0.1, -0.05) is 19.9 Å². The summed E-state index contributed by atoms with van der Waals surface area (Å²) in [6.07, 6.45) is -9.48. The van der Waals surface area contributed by atoms with Crippen LogP contribution in [0.4, 0.5) is 57.1 Å². The van der Waals surface area contributed by atoms with Gasteiger partial charge in [-0.25, -0.2) is 4.99 Å². The molecule has 0 rings (SSSR count). The summed E-state index contributed by atoms with van der Waals surface area (Å²) in [6, 6.07) is 0. The molecule has 1 atom stereocenters. The highest BCUT2D eigenvalue weighted by molar-refractivity contribution is 5.97. The fourth-order valence-corrected chi connectivity index (χ4v) is 1.94. The Morgan fingerprint density at radius 3 is 1.57 bits per heavy atom. The molecule has 0 radical (unpaired) electrons. The van der Waals surface area contributed by atoms with E-state index in [1.807, 2.05) is 0 Å². The molecule has 0 aromatic rings. The molecule has 176 valence electrons. The van der Waals surface area contributed by atoms with Crippen molar-refractivity contribution in [1.82, 2.24) is 0 Å². The molecule has 0 aliphatic carbocycles. The maximum Gasteiger partial charge on any atom is 0.460 e. The van der Waals surface area contributed by atoms with E-state index in [0.717, 1.165) is 13.8 Å². The Kier molecular flexibility index (Phi) is 7.85. The highest BCUT2D eigenvalue weighted by atomic mass is 19.4.